The number of amides is 1. The van der Waals surface area contributed by atoms with Crippen LogP contribution in [-0.4, -0.2) is 28.6 Å². The Balaban J connectivity index is 1.76. The molecule has 8 heteroatoms. The van der Waals surface area contributed by atoms with Crippen LogP contribution in [0.2, 0.25) is 0 Å². The molecule has 29 heavy (non-hydrogen) atoms. The van der Waals surface area contributed by atoms with Gasteiger partial charge in [0.15, 0.2) is 5.82 Å². The molecule has 1 heterocycles. The van der Waals surface area contributed by atoms with E-state index in [0.29, 0.717) is 18.1 Å². The molecule has 0 aliphatic carbocycles. The number of hydrogen-bond donors (Lipinski definition) is 3. The van der Waals surface area contributed by atoms with Gasteiger partial charge in [0.1, 0.15) is 11.6 Å². The molecule has 0 atom stereocenters. The minimum atomic E-state index is -0.498. The first-order chi connectivity index (χ1) is 13.9. The van der Waals surface area contributed by atoms with E-state index < -0.39 is 11.7 Å². The van der Waals surface area contributed by atoms with Gasteiger partial charge in [-0.05, 0) is 53.9 Å². The zero-order valence-corrected chi connectivity index (χ0v) is 16.0. The smallest absolute Gasteiger partial charge is 0.258 e. The van der Waals surface area contributed by atoms with Crippen molar-refractivity contribution in [1.82, 2.24) is 15.5 Å². The molecule has 0 saturated heterocycles. The quantitative estimate of drug-likeness (QED) is 0.446. The van der Waals surface area contributed by atoms with Crippen LogP contribution in [0.4, 0.5) is 14.6 Å². The Bertz CT molecular complexity index is 1010. The summed E-state index contributed by atoms with van der Waals surface area (Å²) in [5.41, 5.74) is 1.61. The minimum absolute atomic E-state index is 0.179. The molecule has 1 amide bonds. The minimum Gasteiger partial charge on any atom is -0.309 e. The number of halogens is 2. The summed E-state index contributed by atoms with van der Waals surface area (Å²) in [6.45, 7) is 4.47. The maximum absolute atomic E-state index is 13.4. The van der Waals surface area contributed by atoms with Gasteiger partial charge in [-0.1, -0.05) is 19.9 Å². The number of H-pyrrole nitrogens is 1. The SMILES string of the molecule is CC(C)CN=C(NC(=O)c1cccc(F)c1)Nc1cc(-c2ccc(F)cc2)[nH]n1. The number of aromatic nitrogens is 2. The Morgan fingerprint density at radius 2 is 1.86 bits per heavy atom. The topological polar surface area (TPSA) is 82.2 Å². The highest BCUT2D eigenvalue weighted by Crippen LogP contribution is 2.20. The van der Waals surface area contributed by atoms with Crippen LogP contribution in [0, 0.1) is 17.6 Å². The van der Waals surface area contributed by atoms with E-state index in [2.05, 4.69) is 25.8 Å². The molecule has 0 aliphatic rings. The number of aliphatic imine (C=N–C) groups is 1. The third kappa shape index (κ3) is 5.71. The van der Waals surface area contributed by atoms with Crippen molar-refractivity contribution < 1.29 is 13.6 Å². The Morgan fingerprint density at radius 3 is 2.55 bits per heavy atom. The van der Waals surface area contributed by atoms with Gasteiger partial charge in [-0.3, -0.25) is 20.2 Å². The van der Waals surface area contributed by atoms with Crippen LogP contribution in [0.25, 0.3) is 11.3 Å². The molecule has 6 nitrogen and oxygen atoms in total. The fourth-order valence-electron chi connectivity index (χ4n) is 2.48. The molecular weight excluding hydrogens is 376 g/mol. The summed E-state index contributed by atoms with van der Waals surface area (Å²) in [7, 11) is 0. The van der Waals surface area contributed by atoms with Crippen LogP contribution < -0.4 is 10.6 Å². The first kappa shape index (κ1) is 20.2. The normalized spacial score (nSPS) is 11.6. The lowest BCUT2D eigenvalue weighted by molar-refractivity contribution is 0.0976. The van der Waals surface area contributed by atoms with Crippen LogP contribution in [0.5, 0.6) is 0 Å². The summed E-state index contributed by atoms with van der Waals surface area (Å²) in [6.07, 6.45) is 0. The number of rotatable bonds is 5. The van der Waals surface area contributed by atoms with Gasteiger partial charge in [0.2, 0.25) is 5.96 Å². The number of aromatic amines is 1. The van der Waals surface area contributed by atoms with E-state index in [1.54, 1.807) is 18.2 Å². The Kier molecular flexibility index (Phi) is 6.33. The summed E-state index contributed by atoms with van der Waals surface area (Å²) >= 11 is 0. The number of hydrogen-bond acceptors (Lipinski definition) is 3. The molecule has 3 N–H and O–H groups in total. The maximum Gasteiger partial charge on any atom is 0.258 e. The molecule has 150 valence electrons. The van der Waals surface area contributed by atoms with Gasteiger partial charge in [0.05, 0.1) is 5.69 Å². The molecule has 0 bridgehead atoms. The zero-order chi connectivity index (χ0) is 20.8. The Hall–Kier alpha value is -3.55. The second-order valence-electron chi connectivity index (χ2n) is 6.85. The molecule has 0 unspecified atom stereocenters. The molecule has 3 aromatic rings. The van der Waals surface area contributed by atoms with Crippen molar-refractivity contribution in [1.29, 1.82) is 0 Å². The van der Waals surface area contributed by atoms with Crippen LogP contribution >= 0.6 is 0 Å². The predicted octanol–water partition coefficient (Wildman–Crippen LogP) is 4.21. The van der Waals surface area contributed by atoms with E-state index in [4.69, 9.17) is 0 Å². The van der Waals surface area contributed by atoms with Gasteiger partial charge >= 0.3 is 0 Å². The van der Waals surface area contributed by atoms with Gasteiger partial charge in [-0.25, -0.2) is 8.78 Å². The summed E-state index contributed by atoms with van der Waals surface area (Å²) in [5, 5.41) is 12.6. The second-order valence-corrected chi connectivity index (χ2v) is 6.85. The van der Waals surface area contributed by atoms with Crippen molar-refractivity contribution in [2.24, 2.45) is 10.9 Å². The van der Waals surface area contributed by atoms with Crippen LogP contribution in [-0.2, 0) is 0 Å². The molecule has 0 aliphatic heterocycles. The molecular formula is C21H21F2N5O. The van der Waals surface area contributed by atoms with Gasteiger partial charge < -0.3 is 5.32 Å². The largest absolute Gasteiger partial charge is 0.309 e. The van der Waals surface area contributed by atoms with Crippen LogP contribution in [0.15, 0.2) is 59.6 Å². The van der Waals surface area contributed by atoms with Gasteiger partial charge in [0, 0.05) is 18.2 Å². The molecule has 2 aromatic carbocycles. The average molecular weight is 397 g/mol. The lowest BCUT2D eigenvalue weighted by Gasteiger charge is -2.11. The van der Waals surface area contributed by atoms with Crippen molar-refractivity contribution in [2.45, 2.75) is 13.8 Å². The molecule has 3 rings (SSSR count). The summed E-state index contributed by atoms with van der Waals surface area (Å²) in [4.78, 5) is 16.8. The number of anilines is 1. The van der Waals surface area contributed by atoms with E-state index in [-0.39, 0.29) is 23.3 Å². The molecule has 1 aromatic heterocycles. The lowest BCUT2D eigenvalue weighted by Crippen LogP contribution is -2.36. The van der Waals surface area contributed by atoms with Gasteiger partial charge in [-0.2, -0.15) is 5.10 Å². The summed E-state index contributed by atoms with van der Waals surface area (Å²) in [5.74, 6) is -0.422. The monoisotopic (exact) mass is 397 g/mol. The Morgan fingerprint density at radius 1 is 1.10 bits per heavy atom. The zero-order valence-electron chi connectivity index (χ0n) is 16.0. The molecule has 0 radical (unpaired) electrons. The predicted molar refractivity (Wildman–Crippen MR) is 109 cm³/mol. The first-order valence-corrected chi connectivity index (χ1v) is 9.10. The lowest BCUT2D eigenvalue weighted by atomic mass is 10.1. The van der Waals surface area contributed by atoms with E-state index in [1.807, 2.05) is 13.8 Å². The fraction of sp³-hybridized carbons (Fsp3) is 0.190. The van der Waals surface area contributed by atoms with Crippen molar-refractivity contribution in [3.63, 3.8) is 0 Å². The molecule has 0 fully saturated rings. The standard InChI is InChI=1S/C21H21F2N5O/c1-13(2)12-24-21(26-20(29)15-4-3-5-17(23)10-15)25-19-11-18(27-28-19)14-6-8-16(22)9-7-14/h3-11,13H,12H2,1-2H3,(H3,24,25,26,27,28,29). The van der Waals surface area contributed by atoms with Gasteiger partial charge in [-0.15, -0.1) is 0 Å². The number of guanidine groups is 1. The van der Waals surface area contributed by atoms with E-state index in [9.17, 15) is 13.6 Å². The number of nitrogens with zero attached hydrogens (tertiary/aromatic N) is 2. The van der Waals surface area contributed by atoms with Crippen molar-refractivity contribution in [3.05, 3.63) is 71.8 Å². The number of carbonyl (C=O) groups is 1. The highest BCUT2D eigenvalue weighted by Gasteiger charge is 2.12. The van der Waals surface area contributed by atoms with Crippen molar-refractivity contribution >= 4 is 17.7 Å². The first-order valence-electron chi connectivity index (χ1n) is 9.10. The average Bonchev–Trinajstić information content (AvgIpc) is 3.15. The van der Waals surface area contributed by atoms with Crippen LogP contribution in [0.1, 0.15) is 24.2 Å². The third-order valence-electron chi connectivity index (χ3n) is 3.91. The maximum atomic E-state index is 13.4. The van der Waals surface area contributed by atoms with E-state index >= 15 is 0 Å². The fourth-order valence-corrected chi connectivity index (χ4v) is 2.48. The van der Waals surface area contributed by atoms with E-state index in [0.717, 1.165) is 11.6 Å². The highest BCUT2D eigenvalue weighted by molar-refractivity contribution is 6.09. The van der Waals surface area contributed by atoms with E-state index in [1.165, 1.54) is 30.3 Å². The number of benzene rings is 2. The summed E-state index contributed by atoms with van der Waals surface area (Å²) in [6, 6.07) is 13.1. The summed E-state index contributed by atoms with van der Waals surface area (Å²) < 4.78 is 26.5. The van der Waals surface area contributed by atoms with Crippen molar-refractivity contribution in [2.75, 3.05) is 11.9 Å². The van der Waals surface area contributed by atoms with Crippen LogP contribution in [0.3, 0.4) is 0 Å². The third-order valence-corrected chi connectivity index (χ3v) is 3.91. The number of carbonyl (C=O) groups excluding carboxylic acids is 1. The Labute approximate surface area is 167 Å². The molecule has 0 spiro atoms. The van der Waals surface area contributed by atoms with Crippen molar-refractivity contribution in [3.8, 4) is 11.3 Å². The highest BCUT2D eigenvalue weighted by atomic mass is 19.1. The molecule has 0 saturated carbocycles. The van der Waals surface area contributed by atoms with Gasteiger partial charge in [0.25, 0.3) is 5.91 Å². The number of nitrogens with one attached hydrogen (secondary N) is 3. The second kappa shape index (κ2) is 9.09.